The maximum atomic E-state index is 3.98. The van der Waals surface area contributed by atoms with Crippen LogP contribution in [0.25, 0.3) is 11.1 Å². The summed E-state index contributed by atoms with van der Waals surface area (Å²) in [5.41, 5.74) is 12.5. The molecule has 0 saturated carbocycles. The standard InChI is InChI=1S/C33H31Br2N/c1-31(2,3)19-15-25-29(27(34)17-19)36-30-26(16-20(18-28(30)35)32(4,5)6)33(25)23-13-9-7-11-21(23)22-12-8-10-14-24(22)33/h7-18,36H,1-6H3. The lowest BCUT2D eigenvalue weighted by molar-refractivity contribution is 0.584. The van der Waals surface area contributed by atoms with Gasteiger partial charge in [0.1, 0.15) is 0 Å². The Morgan fingerprint density at radius 3 is 1.33 bits per heavy atom. The largest absolute Gasteiger partial charge is 0.353 e. The van der Waals surface area contributed by atoms with Crippen LogP contribution in [-0.4, -0.2) is 0 Å². The Morgan fingerprint density at radius 1 is 0.556 bits per heavy atom. The van der Waals surface area contributed by atoms with Crippen LogP contribution in [0.1, 0.15) is 74.9 Å². The van der Waals surface area contributed by atoms with Crippen molar-refractivity contribution >= 4 is 43.2 Å². The summed E-state index contributed by atoms with van der Waals surface area (Å²) in [6.07, 6.45) is 0. The van der Waals surface area contributed by atoms with Crippen LogP contribution in [0.4, 0.5) is 11.4 Å². The Balaban J connectivity index is 1.85. The minimum absolute atomic E-state index is 0.0184. The van der Waals surface area contributed by atoms with Crippen LogP contribution in [0.5, 0.6) is 0 Å². The first-order chi connectivity index (χ1) is 16.9. The highest BCUT2D eigenvalue weighted by Gasteiger charge is 2.51. The van der Waals surface area contributed by atoms with Crippen LogP contribution < -0.4 is 5.32 Å². The quantitative estimate of drug-likeness (QED) is 0.183. The first kappa shape index (κ1) is 24.0. The molecule has 36 heavy (non-hydrogen) atoms. The number of nitrogens with one attached hydrogen (secondary N) is 1. The lowest BCUT2D eigenvalue weighted by atomic mass is 9.63. The molecule has 3 heteroatoms. The maximum absolute atomic E-state index is 3.98. The molecular weight excluding hydrogens is 570 g/mol. The molecule has 6 rings (SSSR count). The smallest absolute Gasteiger partial charge is 0.0754 e. The molecule has 4 aromatic rings. The van der Waals surface area contributed by atoms with Gasteiger partial charge < -0.3 is 5.32 Å². The fourth-order valence-electron chi connectivity index (χ4n) is 6.01. The van der Waals surface area contributed by atoms with Crippen molar-refractivity contribution in [3.05, 3.63) is 115 Å². The molecule has 182 valence electrons. The van der Waals surface area contributed by atoms with E-state index in [0.29, 0.717) is 0 Å². The molecular formula is C33H31Br2N. The topological polar surface area (TPSA) is 12.0 Å². The molecule has 1 aliphatic heterocycles. The van der Waals surface area contributed by atoms with Gasteiger partial charge in [0.2, 0.25) is 0 Å². The van der Waals surface area contributed by atoms with Gasteiger partial charge in [-0.2, -0.15) is 0 Å². The van der Waals surface area contributed by atoms with Gasteiger partial charge in [-0.3, -0.25) is 0 Å². The fourth-order valence-corrected chi connectivity index (χ4v) is 7.13. The minimum Gasteiger partial charge on any atom is -0.353 e. The first-order valence-corrected chi connectivity index (χ1v) is 14.2. The van der Waals surface area contributed by atoms with Gasteiger partial charge in [0.05, 0.1) is 16.8 Å². The van der Waals surface area contributed by atoms with Gasteiger partial charge in [-0.1, -0.05) is 102 Å². The third-order valence-electron chi connectivity index (χ3n) is 7.92. The molecule has 1 heterocycles. The average Bonchev–Trinajstić information content (AvgIpc) is 3.10. The number of benzene rings is 4. The van der Waals surface area contributed by atoms with Crippen molar-refractivity contribution in [3.63, 3.8) is 0 Å². The summed E-state index contributed by atoms with van der Waals surface area (Å²) in [4.78, 5) is 0. The van der Waals surface area contributed by atoms with E-state index in [0.717, 1.165) is 20.3 Å². The Morgan fingerprint density at radius 2 is 0.944 bits per heavy atom. The lowest BCUT2D eigenvalue weighted by Crippen LogP contribution is -2.35. The zero-order chi connectivity index (χ0) is 25.6. The van der Waals surface area contributed by atoms with E-state index < -0.39 is 5.41 Å². The minimum atomic E-state index is -0.420. The van der Waals surface area contributed by atoms with Gasteiger partial charge in [-0.05, 0) is 99.3 Å². The fraction of sp³-hybridized carbons (Fsp3) is 0.273. The summed E-state index contributed by atoms with van der Waals surface area (Å²) >= 11 is 7.96. The van der Waals surface area contributed by atoms with Crippen molar-refractivity contribution in [2.75, 3.05) is 5.32 Å². The molecule has 1 spiro atoms. The van der Waals surface area contributed by atoms with Crippen LogP contribution in [0.2, 0.25) is 0 Å². The van der Waals surface area contributed by atoms with Crippen molar-refractivity contribution in [1.82, 2.24) is 0 Å². The molecule has 0 bridgehead atoms. The predicted molar refractivity (Wildman–Crippen MR) is 160 cm³/mol. The molecule has 0 saturated heterocycles. The van der Waals surface area contributed by atoms with Crippen LogP contribution >= 0.6 is 31.9 Å². The lowest BCUT2D eigenvalue weighted by Gasteiger charge is -2.43. The number of halogens is 2. The van der Waals surface area contributed by atoms with E-state index in [-0.39, 0.29) is 10.8 Å². The van der Waals surface area contributed by atoms with Gasteiger partial charge in [0, 0.05) is 8.95 Å². The van der Waals surface area contributed by atoms with Crippen molar-refractivity contribution in [2.24, 2.45) is 0 Å². The van der Waals surface area contributed by atoms with Gasteiger partial charge in [-0.15, -0.1) is 0 Å². The third kappa shape index (κ3) is 3.25. The highest BCUT2D eigenvalue weighted by molar-refractivity contribution is 9.11. The van der Waals surface area contributed by atoms with E-state index in [4.69, 9.17) is 0 Å². The molecule has 0 unspecified atom stereocenters. The van der Waals surface area contributed by atoms with Gasteiger partial charge in [0.15, 0.2) is 0 Å². The van der Waals surface area contributed by atoms with Crippen LogP contribution in [0.3, 0.4) is 0 Å². The second kappa shape index (κ2) is 7.82. The summed E-state index contributed by atoms with van der Waals surface area (Å²) in [6.45, 7) is 13.8. The van der Waals surface area contributed by atoms with E-state index in [1.165, 1.54) is 44.5 Å². The number of hydrogen-bond donors (Lipinski definition) is 1. The maximum Gasteiger partial charge on any atom is 0.0754 e. The van der Waals surface area contributed by atoms with Gasteiger partial charge in [0.25, 0.3) is 0 Å². The van der Waals surface area contributed by atoms with Crippen molar-refractivity contribution < 1.29 is 0 Å². The highest BCUT2D eigenvalue weighted by Crippen LogP contribution is 2.63. The summed E-state index contributed by atoms with van der Waals surface area (Å²) in [6, 6.07) is 27.4. The molecule has 1 nitrogen and oxygen atoms in total. The van der Waals surface area contributed by atoms with E-state index in [1.807, 2.05) is 0 Å². The Labute approximate surface area is 231 Å². The SMILES string of the molecule is CC(C)(C)c1cc(Br)c2c(c1)C1(c3ccccc3-c3ccccc31)c1cc(C(C)(C)C)cc(Br)c1N2. The molecule has 0 fully saturated rings. The summed E-state index contributed by atoms with van der Waals surface area (Å²) in [5.74, 6) is 0. The van der Waals surface area contributed by atoms with Gasteiger partial charge in [-0.25, -0.2) is 0 Å². The third-order valence-corrected chi connectivity index (χ3v) is 9.17. The molecule has 2 aliphatic rings. The van der Waals surface area contributed by atoms with Gasteiger partial charge >= 0.3 is 0 Å². The molecule has 0 amide bonds. The second-order valence-electron chi connectivity index (χ2n) is 12.2. The molecule has 1 N–H and O–H groups in total. The van der Waals surface area contributed by atoms with Crippen molar-refractivity contribution in [3.8, 4) is 11.1 Å². The Kier molecular flexibility index (Phi) is 5.21. The van der Waals surface area contributed by atoms with Crippen LogP contribution in [0, 0.1) is 0 Å². The zero-order valence-electron chi connectivity index (χ0n) is 21.7. The number of rotatable bonds is 0. The Hall–Kier alpha value is -2.36. The zero-order valence-corrected chi connectivity index (χ0v) is 24.9. The van der Waals surface area contributed by atoms with E-state index >= 15 is 0 Å². The predicted octanol–water partition coefficient (Wildman–Crippen LogP) is 10.2. The number of fused-ring (bicyclic) bond motifs is 9. The first-order valence-electron chi connectivity index (χ1n) is 12.6. The van der Waals surface area contributed by atoms with Crippen molar-refractivity contribution in [2.45, 2.75) is 57.8 Å². The monoisotopic (exact) mass is 599 g/mol. The molecule has 1 aliphatic carbocycles. The number of anilines is 2. The summed E-state index contributed by atoms with van der Waals surface area (Å²) < 4.78 is 2.20. The summed E-state index contributed by atoms with van der Waals surface area (Å²) in [7, 11) is 0. The molecule has 0 radical (unpaired) electrons. The summed E-state index contributed by atoms with van der Waals surface area (Å²) in [5, 5.41) is 3.85. The molecule has 0 atom stereocenters. The van der Waals surface area contributed by atoms with Crippen molar-refractivity contribution in [1.29, 1.82) is 0 Å². The molecule has 0 aromatic heterocycles. The highest BCUT2D eigenvalue weighted by atomic mass is 79.9. The molecule has 4 aromatic carbocycles. The van der Waals surface area contributed by atoms with E-state index in [9.17, 15) is 0 Å². The average molecular weight is 601 g/mol. The normalized spacial score (nSPS) is 15.1. The van der Waals surface area contributed by atoms with Crippen LogP contribution in [0.15, 0.2) is 81.7 Å². The second-order valence-corrected chi connectivity index (χ2v) is 13.9. The van der Waals surface area contributed by atoms with Crippen LogP contribution in [-0.2, 0) is 16.2 Å². The Bertz CT molecular complexity index is 1430. The van der Waals surface area contributed by atoms with E-state index in [2.05, 4.69) is 152 Å². The van der Waals surface area contributed by atoms with E-state index in [1.54, 1.807) is 0 Å². The number of hydrogen-bond acceptors (Lipinski definition) is 1.